The zero-order chi connectivity index (χ0) is 28.7. The van der Waals surface area contributed by atoms with Crippen LogP contribution in [0.5, 0.6) is 0 Å². The number of fused-ring (bicyclic) bond motifs is 1. The van der Waals surface area contributed by atoms with E-state index >= 15 is 0 Å². The summed E-state index contributed by atoms with van der Waals surface area (Å²) in [6, 6.07) is 7.20. The van der Waals surface area contributed by atoms with Crippen molar-refractivity contribution in [2.24, 2.45) is 0 Å². The van der Waals surface area contributed by atoms with E-state index in [9.17, 15) is 26.3 Å². The molecule has 210 valence electrons. The van der Waals surface area contributed by atoms with Gasteiger partial charge in [0.15, 0.2) is 0 Å². The fraction of sp³-hybridized carbons (Fsp3) is 0.296. The Morgan fingerprint density at radius 3 is 2.25 bits per heavy atom. The van der Waals surface area contributed by atoms with Gasteiger partial charge in [-0.15, -0.1) is 0 Å². The summed E-state index contributed by atoms with van der Waals surface area (Å²) in [5.41, 5.74) is 0.942. The van der Waals surface area contributed by atoms with Gasteiger partial charge in [0.25, 0.3) is 0 Å². The summed E-state index contributed by atoms with van der Waals surface area (Å²) in [4.78, 5) is 8.63. The molecule has 40 heavy (non-hydrogen) atoms. The Bertz CT molecular complexity index is 1490. The van der Waals surface area contributed by atoms with Crippen molar-refractivity contribution >= 4 is 23.1 Å². The molecule has 0 saturated heterocycles. The molecule has 0 radical (unpaired) electrons. The van der Waals surface area contributed by atoms with Gasteiger partial charge in [0.05, 0.1) is 17.3 Å². The summed E-state index contributed by atoms with van der Waals surface area (Å²) in [7, 11) is 0. The summed E-state index contributed by atoms with van der Waals surface area (Å²) in [5.74, 6) is 0.113. The Labute approximate surface area is 225 Å². The van der Waals surface area contributed by atoms with Crippen molar-refractivity contribution in [3.8, 4) is 11.1 Å². The molecule has 0 atom stereocenters. The lowest BCUT2D eigenvalue weighted by atomic mass is 10.0. The van der Waals surface area contributed by atoms with E-state index in [-0.39, 0.29) is 18.1 Å². The third-order valence-corrected chi connectivity index (χ3v) is 6.43. The number of benzene rings is 2. The molecule has 1 aliphatic rings. The topological polar surface area (TPSA) is 79.7 Å². The highest BCUT2D eigenvalue weighted by atomic mass is 19.4. The highest BCUT2D eigenvalue weighted by molar-refractivity contribution is 5.78. The van der Waals surface area contributed by atoms with Gasteiger partial charge in [-0.05, 0) is 68.3 Å². The van der Waals surface area contributed by atoms with Crippen molar-refractivity contribution in [2.75, 3.05) is 17.2 Å². The molecule has 0 fully saturated rings. The lowest BCUT2D eigenvalue weighted by molar-refractivity contribution is -0.143. The number of hydrogen-bond donors (Lipinski definition) is 3. The van der Waals surface area contributed by atoms with Crippen LogP contribution in [0.25, 0.3) is 11.1 Å². The van der Waals surface area contributed by atoms with Gasteiger partial charge in [0, 0.05) is 47.5 Å². The van der Waals surface area contributed by atoms with Crippen molar-refractivity contribution < 1.29 is 26.3 Å². The second-order valence-corrected chi connectivity index (χ2v) is 9.71. The van der Waals surface area contributed by atoms with Gasteiger partial charge in [0.2, 0.25) is 5.95 Å². The first kappa shape index (κ1) is 27.4. The fourth-order valence-corrected chi connectivity index (χ4v) is 4.36. The second-order valence-electron chi connectivity index (χ2n) is 9.71. The van der Waals surface area contributed by atoms with Gasteiger partial charge in [-0.25, -0.2) is 4.98 Å². The maximum atomic E-state index is 13.4. The van der Waals surface area contributed by atoms with E-state index in [1.807, 2.05) is 32.0 Å². The van der Waals surface area contributed by atoms with Gasteiger partial charge < -0.3 is 16.0 Å². The molecule has 7 nitrogen and oxygen atoms in total. The third-order valence-electron chi connectivity index (χ3n) is 6.43. The molecule has 13 heteroatoms. The molecular weight excluding hydrogens is 536 g/mol. The van der Waals surface area contributed by atoms with E-state index in [1.165, 1.54) is 11.8 Å². The van der Waals surface area contributed by atoms with Crippen molar-refractivity contribution in [3.05, 3.63) is 77.2 Å². The van der Waals surface area contributed by atoms with Gasteiger partial charge in [-0.2, -0.15) is 36.4 Å². The summed E-state index contributed by atoms with van der Waals surface area (Å²) in [5, 5.41) is 13.4. The first-order chi connectivity index (χ1) is 18.9. The molecule has 4 aromatic rings. The summed E-state index contributed by atoms with van der Waals surface area (Å²) in [6.45, 7) is 5.51. The number of rotatable bonds is 6. The first-order valence-electron chi connectivity index (χ1n) is 12.4. The molecule has 0 aliphatic carbocycles. The Morgan fingerprint density at radius 2 is 1.60 bits per heavy atom. The maximum Gasteiger partial charge on any atom is 0.416 e. The van der Waals surface area contributed by atoms with Crippen LogP contribution in [-0.4, -0.2) is 26.3 Å². The minimum Gasteiger partial charge on any atom is -0.340 e. The number of hydrogen-bond acceptors (Lipinski definition) is 6. The Hall–Kier alpha value is -4.13. The van der Waals surface area contributed by atoms with E-state index in [0.717, 1.165) is 18.5 Å². The van der Waals surface area contributed by atoms with E-state index in [0.29, 0.717) is 41.3 Å². The number of aromatic nitrogens is 4. The van der Waals surface area contributed by atoms with Crippen LogP contribution in [0.3, 0.4) is 0 Å². The summed E-state index contributed by atoms with van der Waals surface area (Å²) >= 11 is 0. The molecule has 1 aliphatic heterocycles. The van der Waals surface area contributed by atoms with E-state index < -0.39 is 29.2 Å². The quantitative estimate of drug-likeness (QED) is 0.218. The second kappa shape index (κ2) is 10.5. The molecule has 0 saturated carbocycles. The maximum absolute atomic E-state index is 13.4. The average molecular weight is 562 g/mol. The molecule has 0 spiro atoms. The van der Waals surface area contributed by atoms with Crippen molar-refractivity contribution in [3.63, 3.8) is 0 Å². The Balaban J connectivity index is 1.54. The summed E-state index contributed by atoms with van der Waals surface area (Å²) in [6.07, 6.45) is -4.18. The van der Waals surface area contributed by atoms with Gasteiger partial charge in [0.1, 0.15) is 5.82 Å². The molecule has 0 unspecified atom stereocenters. The van der Waals surface area contributed by atoms with Gasteiger partial charge in [-0.1, -0.05) is 6.07 Å². The smallest absolute Gasteiger partial charge is 0.340 e. The van der Waals surface area contributed by atoms with E-state index in [1.54, 1.807) is 17.1 Å². The zero-order valence-corrected chi connectivity index (χ0v) is 21.5. The molecule has 2 aromatic heterocycles. The largest absolute Gasteiger partial charge is 0.416 e. The van der Waals surface area contributed by atoms with Crippen LogP contribution >= 0.6 is 0 Å². The van der Waals surface area contributed by atoms with Crippen LogP contribution in [-0.2, 0) is 25.3 Å². The molecule has 3 N–H and O–H groups in total. The van der Waals surface area contributed by atoms with Gasteiger partial charge in [-0.3, -0.25) is 4.68 Å². The molecule has 3 heterocycles. The predicted molar refractivity (Wildman–Crippen MR) is 139 cm³/mol. The fourth-order valence-electron chi connectivity index (χ4n) is 4.36. The van der Waals surface area contributed by atoms with E-state index in [4.69, 9.17) is 0 Å². The zero-order valence-electron chi connectivity index (χ0n) is 21.5. The third kappa shape index (κ3) is 6.03. The number of anilines is 4. The number of halogens is 6. The molecule has 5 rings (SSSR count). The minimum atomic E-state index is -4.98. The Morgan fingerprint density at radius 1 is 0.875 bits per heavy atom. The first-order valence-corrected chi connectivity index (χ1v) is 12.4. The minimum absolute atomic E-state index is 0.0689. The number of nitrogens with zero attached hydrogens (tertiary/aromatic N) is 4. The van der Waals surface area contributed by atoms with Crippen LogP contribution < -0.4 is 16.0 Å². The van der Waals surface area contributed by atoms with E-state index in [2.05, 4.69) is 31.0 Å². The summed E-state index contributed by atoms with van der Waals surface area (Å²) < 4.78 is 81.9. The van der Waals surface area contributed by atoms with Crippen LogP contribution in [0, 0.1) is 0 Å². The van der Waals surface area contributed by atoms with Crippen molar-refractivity contribution in [1.82, 2.24) is 25.1 Å². The SMILES string of the molecule is CC(C)n1cc(-c2cnc(Nc3cc(C(F)(F)F)cc(C(F)(F)F)c3)nc2Nc2ccc3c(c2)CNCC3)cn1. The van der Waals surface area contributed by atoms with Crippen LogP contribution in [0.1, 0.15) is 42.1 Å². The lowest BCUT2D eigenvalue weighted by Crippen LogP contribution is -2.23. The standard InChI is InChI=1S/C27H25F6N7/c1-15(2)40-14-18(12-36-40)23-13-35-25(38-22-9-19(26(28,29)30)8-20(10-22)27(31,32)33)39-24(23)37-21-4-3-16-5-6-34-11-17(16)7-21/h3-4,7-10,12-15,34H,5-6,11H2,1-2H3,(H2,35,37,38,39). The highest BCUT2D eigenvalue weighted by Gasteiger charge is 2.37. The Kier molecular flexibility index (Phi) is 7.17. The highest BCUT2D eigenvalue weighted by Crippen LogP contribution is 2.38. The average Bonchev–Trinajstić information content (AvgIpc) is 3.38. The normalized spacial score (nSPS) is 13.8. The molecule has 2 aromatic carbocycles. The van der Waals surface area contributed by atoms with Crippen LogP contribution in [0.2, 0.25) is 0 Å². The monoisotopic (exact) mass is 561 g/mol. The van der Waals surface area contributed by atoms with Crippen molar-refractivity contribution in [2.45, 2.75) is 45.2 Å². The van der Waals surface area contributed by atoms with Gasteiger partial charge >= 0.3 is 12.4 Å². The lowest BCUT2D eigenvalue weighted by Gasteiger charge is -2.19. The predicted octanol–water partition coefficient (Wildman–Crippen LogP) is 7.09. The van der Waals surface area contributed by atoms with Crippen LogP contribution in [0.4, 0.5) is 49.5 Å². The molecule has 0 bridgehead atoms. The number of alkyl halides is 6. The molecule has 0 amide bonds. The number of nitrogens with one attached hydrogen (secondary N) is 3. The van der Waals surface area contributed by atoms with Crippen LogP contribution in [0.15, 0.2) is 55.0 Å². The molecular formula is C27H25F6N7. The van der Waals surface area contributed by atoms with Crippen molar-refractivity contribution in [1.29, 1.82) is 0 Å².